The summed E-state index contributed by atoms with van der Waals surface area (Å²) in [6.45, 7) is 2.79. The molecular weight excluding hydrogens is 270 g/mol. The molecule has 0 bridgehead atoms. The number of benzene rings is 1. The van der Waals surface area contributed by atoms with Crippen LogP contribution in [-0.4, -0.2) is 30.2 Å². The zero-order chi connectivity index (χ0) is 15.3. The highest BCUT2D eigenvalue weighted by molar-refractivity contribution is 5.89. The number of carboxylic acid groups (broad SMARTS) is 1. The third kappa shape index (κ3) is 3.24. The van der Waals surface area contributed by atoms with Crippen LogP contribution in [-0.2, 0) is 19.9 Å². The lowest BCUT2D eigenvalue weighted by atomic mass is 9.86. The monoisotopic (exact) mass is 291 g/mol. The number of hydrogen-bond acceptors (Lipinski definition) is 3. The standard InChI is InChI=1S/C16H21NO4/c1-2-16(15(19)20,13-8-4-3-5-9-13)17-14(18)12-7-6-10-21-11-12/h3-5,8-9,12H,2,6-7,10-11H2,1H3,(H,17,18)(H,19,20). The lowest BCUT2D eigenvalue weighted by Crippen LogP contribution is -2.53. The van der Waals surface area contributed by atoms with Crippen LogP contribution in [0.15, 0.2) is 30.3 Å². The van der Waals surface area contributed by atoms with Crippen LogP contribution in [0.5, 0.6) is 0 Å². The van der Waals surface area contributed by atoms with Gasteiger partial charge in [-0.3, -0.25) is 4.79 Å². The SMILES string of the molecule is CCC(NC(=O)C1CCCOC1)(C(=O)O)c1ccccc1. The Morgan fingerprint density at radius 2 is 2.10 bits per heavy atom. The van der Waals surface area contributed by atoms with Gasteiger partial charge >= 0.3 is 5.97 Å². The second-order valence-electron chi connectivity index (χ2n) is 5.33. The lowest BCUT2D eigenvalue weighted by Gasteiger charge is -2.32. The molecule has 2 atom stereocenters. The summed E-state index contributed by atoms with van der Waals surface area (Å²) in [5.74, 6) is -1.56. The summed E-state index contributed by atoms with van der Waals surface area (Å²) in [7, 11) is 0. The molecule has 5 heteroatoms. The van der Waals surface area contributed by atoms with Gasteiger partial charge in [-0.15, -0.1) is 0 Å². The number of hydrogen-bond donors (Lipinski definition) is 2. The molecule has 1 aliphatic rings. The van der Waals surface area contributed by atoms with Gasteiger partial charge in [0.05, 0.1) is 12.5 Å². The predicted octanol–water partition coefficient (Wildman–Crippen LogP) is 1.92. The van der Waals surface area contributed by atoms with Crippen molar-refractivity contribution in [2.45, 2.75) is 31.7 Å². The molecule has 1 aliphatic heterocycles. The summed E-state index contributed by atoms with van der Waals surface area (Å²) in [6.07, 6.45) is 1.85. The van der Waals surface area contributed by atoms with Crippen molar-refractivity contribution in [2.24, 2.45) is 5.92 Å². The van der Waals surface area contributed by atoms with Crippen molar-refractivity contribution in [1.82, 2.24) is 5.32 Å². The number of aliphatic carboxylic acids is 1. The van der Waals surface area contributed by atoms with E-state index in [1.54, 1.807) is 31.2 Å². The zero-order valence-corrected chi connectivity index (χ0v) is 12.2. The second-order valence-corrected chi connectivity index (χ2v) is 5.33. The molecule has 21 heavy (non-hydrogen) atoms. The normalized spacial score (nSPS) is 21.3. The largest absolute Gasteiger partial charge is 0.479 e. The molecule has 1 saturated heterocycles. The number of carboxylic acids is 1. The van der Waals surface area contributed by atoms with Gasteiger partial charge in [-0.05, 0) is 24.8 Å². The van der Waals surface area contributed by atoms with Gasteiger partial charge < -0.3 is 15.2 Å². The molecule has 0 aromatic heterocycles. The molecule has 1 amide bonds. The van der Waals surface area contributed by atoms with E-state index in [9.17, 15) is 14.7 Å². The van der Waals surface area contributed by atoms with E-state index in [1.165, 1.54) is 0 Å². The Kier molecular flexibility index (Phi) is 4.96. The molecule has 1 fully saturated rings. The molecule has 0 radical (unpaired) electrons. The smallest absolute Gasteiger partial charge is 0.334 e. The van der Waals surface area contributed by atoms with Crippen LogP contribution in [0.25, 0.3) is 0 Å². The fourth-order valence-corrected chi connectivity index (χ4v) is 2.68. The van der Waals surface area contributed by atoms with Gasteiger partial charge in [-0.25, -0.2) is 4.79 Å². The van der Waals surface area contributed by atoms with Crippen molar-refractivity contribution in [3.05, 3.63) is 35.9 Å². The number of rotatable bonds is 5. The third-order valence-electron chi connectivity index (χ3n) is 4.03. The van der Waals surface area contributed by atoms with E-state index < -0.39 is 11.5 Å². The summed E-state index contributed by atoms with van der Waals surface area (Å²) in [4.78, 5) is 24.2. The Hall–Kier alpha value is -1.88. The molecule has 5 nitrogen and oxygen atoms in total. The summed E-state index contributed by atoms with van der Waals surface area (Å²) in [6, 6.07) is 8.84. The molecule has 2 rings (SSSR count). The molecule has 114 valence electrons. The Labute approximate surface area is 124 Å². The fourth-order valence-electron chi connectivity index (χ4n) is 2.68. The number of carbonyl (C=O) groups excluding carboxylic acids is 1. The Balaban J connectivity index is 2.24. The van der Waals surface area contributed by atoms with Gasteiger partial charge in [0.25, 0.3) is 0 Å². The van der Waals surface area contributed by atoms with Crippen LogP contribution in [0.3, 0.4) is 0 Å². The first-order valence-corrected chi connectivity index (χ1v) is 7.29. The van der Waals surface area contributed by atoms with Gasteiger partial charge in [0.15, 0.2) is 5.54 Å². The summed E-state index contributed by atoms with van der Waals surface area (Å²) in [5, 5.41) is 12.4. The maximum absolute atomic E-state index is 12.4. The highest BCUT2D eigenvalue weighted by atomic mass is 16.5. The fraction of sp³-hybridized carbons (Fsp3) is 0.500. The maximum atomic E-state index is 12.4. The average Bonchev–Trinajstić information content (AvgIpc) is 2.54. The third-order valence-corrected chi connectivity index (χ3v) is 4.03. The minimum atomic E-state index is -1.38. The van der Waals surface area contributed by atoms with Gasteiger partial charge in [-0.1, -0.05) is 37.3 Å². The van der Waals surface area contributed by atoms with Gasteiger partial charge in [0.2, 0.25) is 5.91 Å². The predicted molar refractivity (Wildman–Crippen MR) is 77.7 cm³/mol. The maximum Gasteiger partial charge on any atom is 0.334 e. The van der Waals surface area contributed by atoms with E-state index in [0.717, 1.165) is 12.8 Å². The Bertz CT molecular complexity index is 496. The van der Waals surface area contributed by atoms with Gasteiger partial charge in [-0.2, -0.15) is 0 Å². The van der Waals surface area contributed by atoms with E-state index >= 15 is 0 Å². The van der Waals surface area contributed by atoms with Crippen LogP contribution < -0.4 is 5.32 Å². The molecule has 0 spiro atoms. The van der Waals surface area contributed by atoms with E-state index in [4.69, 9.17) is 4.74 Å². The topological polar surface area (TPSA) is 75.6 Å². The van der Waals surface area contributed by atoms with Crippen molar-refractivity contribution >= 4 is 11.9 Å². The first-order chi connectivity index (χ1) is 10.1. The molecule has 1 heterocycles. The Morgan fingerprint density at radius 3 is 2.62 bits per heavy atom. The summed E-state index contributed by atoms with van der Waals surface area (Å²) < 4.78 is 5.31. The minimum absolute atomic E-state index is 0.247. The Morgan fingerprint density at radius 1 is 1.38 bits per heavy atom. The number of amides is 1. The van der Waals surface area contributed by atoms with Crippen molar-refractivity contribution in [1.29, 1.82) is 0 Å². The minimum Gasteiger partial charge on any atom is -0.479 e. The second kappa shape index (κ2) is 6.72. The highest BCUT2D eigenvalue weighted by Gasteiger charge is 2.41. The van der Waals surface area contributed by atoms with Crippen molar-refractivity contribution in [3.63, 3.8) is 0 Å². The molecular formula is C16H21NO4. The van der Waals surface area contributed by atoms with Crippen LogP contribution in [0, 0.1) is 5.92 Å². The van der Waals surface area contributed by atoms with Crippen LogP contribution >= 0.6 is 0 Å². The molecule has 1 aromatic rings. The van der Waals surface area contributed by atoms with Crippen LogP contribution in [0.2, 0.25) is 0 Å². The van der Waals surface area contributed by atoms with Crippen molar-refractivity contribution < 1.29 is 19.4 Å². The average molecular weight is 291 g/mol. The van der Waals surface area contributed by atoms with E-state index in [0.29, 0.717) is 18.8 Å². The van der Waals surface area contributed by atoms with Gasteiger partial charge in [0.1, 0.15) is 0 Å². The molecule has 0 aliphatic carbocycles. The van der Waals surface area contributed by atoms with E-state index in [1.807, 2.05) is 6.07 Å². The first-order valence-electron chi connectivity index (χ1n) is 7.29. The number of carbonyl (C=O) groups is 2. The van der Waals surface area contributed by atoms with E-state index in [2.05, 4.69) is 5.32 Å². The molecule has 0 saturated carbocycles. The summed E-state index contributed by atoms with van der Waals surface area (Å²) >= 11 is 0. The van der Waals surface area contributed by atoms with Crippen LogP contribution in [0.4, 0.5) is 0 Å². The van der Waals surface area contributed by atoms with Crippen molar-refractivity contribution in [2.75, 3.05) is 13.2 Å². The summed E-state index contributed by atoms with van der Waals surface area (Å²) in [5.41, 5.74) is -0.791. The highest BCUT2D eigenvalue weighted by Crippen LogP contribution is 2.27. The van der Waals surface area contributed by atoms with E-state index in [-0.39, 0.29) is 18.2 Å². The molecule has 2 unspecified atom stereocenters. The molecule has 1 aromatic carbocycles. The molecule has 2 N–H and O–H groups in total. The zero-order valence-electron chi connectivity index (χ0n) is 12.2. The van der Waals surface area contributed by atoms with Crippen LogP contribution in [0.1, 0.15) is 31.7 Å². The first kappa shape index (κ1) is 15.5. The number of ether oxygens (including phenoxy) is 1. The lowest BCUT2D eigenvalue weighted by molar-refractivity contribution is -0.150. The quantitative estimate of drug-likeness (QED) is 0.869. The van der Waals surface area contributed by atoms with Gasteiger partial charge in [0, 0.05) is 6.61 Å². The van der Waals surface area contributed by atoms with Crippen molar-refractivity contribution in [3.8, 4) is 0 Å². The number of nitrogens with one attached hydrogen (secondary N) is 1.